The zero-order valence-electron chi connectivity index (χ0n) is 6.95. The van der Waals surface area contributed by atoms with Gasteiger partial charge in [-0.3, -0.25) is 4.79 Å². The number of aromatic nitrogens is 1. The molecule has 0 aliphatic carbocycles. The van der Waals surface area contributed by atoms with Crippen LogP contribution in [0.4, 0.5) is 0 Å². The smallest absolute Gasteiger partial charge is 0.171 e. The molecule has 0 saturated carbocycles. The number of carbonyl (C=O) groups excluding carboxylic acids is 1. The second kappa shape index (κ2) is 4.35. The van der Waals surface area contributed by atoms with Crippen LogP contribution < -0.4 is 0 Å². The Morgan fingerprint density at radius 3 is 3.00 bits per heavy atom. The second-order valence-electron chi connectivity index (χ2n) is 2.49. The van der Waals surface area contributed by atoms with Crippen molar-refractivity contribution in [1.82, 2.24) is 4.98 Å². The van der Waals surface area contributed by atoms with Crippen LogP contribution in [0.5, 0.6) is 0 Å². The lowest BCUT2D eigenvalue weighted by molar-refractivity contribution is -0.117. The van der Waals surface area contributed by atoms with Gasteiger partial charge in [0.2, 0.25) is 0 Å². The van der Waals surface area contributed by atoms with Gasteiger partial charge in [-0.05, 0) is 6.92 Å². The van der Waals surface area contributed by atoms with E-state index in [1.54, 1.807) is 5.38 Å². The van der Waals surface area contributed by atoms with Crippen molar-refractivity contribution in [3.63, 3.8) is 0 Å². The molecular formula is C8H7ClN2OS. The number of alkyl halides is 1. The molecule has 5 heteroatoms. The van der Waals surface area contributed by atoms with Crippen LogP contribution in [0, 0.1) is 18.3 Å². The molecule has 1 aromatic heterocycles. The number of hydrogen-bond donors (Lipinski definition) is 0. The first-order chi connectivity index (χ1) is 6.19. The van der Waals surface area contributed by atoms with Crippen molar-refractivity contribution in [3.05, 3.63) is 16.1 Å². The first-order valence-corrected chi connectivity index (χ1v) is 5.00. The summed E-state index contributed by atoms with van der Waals surface area (Å²) in [6, 6.07) is 1.90. The van der Waals surface area contributed by atoms with Crippen LogP contribution in [0.3, 0.4) is 0 Å². The molecule has 0 saturated heterocycles. The maximum atomic E-state index is 11.2. The SMILES string of the molecule is Cc1csc([C@@H](C#N)C(=O)CCl)n1. The lowest BCUT2D eigenvalue weighted by atomic mass is 10.1. The Bertz CT molecular complexity index is 355. The number of Topliss-reactive ketones (excluding diaryl/α,β-unsaturated/α-hetero) is 1. The minimum Gasteiger partial charge on any atom is -0.296 e. The molecular weight excluding hydrogens is 208 g/mol. The van der Waals surface area contributed by atoms with Gasteiger partial charge in [0.15, 0.2) is 11.7 Å². The molecule has 0 aliphatic rings. The molecule has 0 aromatic carbocycles. The van der Waals surface area contributed by atoms with E-state index in [9.17, 15) is 4.79 Å². The zero-order valence-corrected chi connectivity index (χ0v) is 8.52. The van der Waals surface area contributed by atoms with Gasteiger partial charge in [0.1, 0.15) is 5.01 Å². The molecule has 3 nitrogen and oxygen atoms in total. The molecule has 0 amide bonds. The molecule has 0 N–H and O–H groups in total. The Balaban J connectivity index is 2.92. The number of aryl methyl sites for hydroxylation is 1. The number of nitrogens with zero attached hydrogens (tertiary/aromatic N) is 2. The van der Waals surface area contributed by atoms with Gasteiger partial charge in [-0.2, -0.15) is 5.26 Å². The molecule has 1 aromatic rings. The molecule has 0 aliphatic heterocycles. The van der Waals surface area contributed by atoms with E-state index >= 15 is 0 Å². The summed E-state index contributed by atoms with van der Waals surface area (Å²) in [5.74, 6) is -1.23. The fourth-order valence-electron chi connectivity index (χ4n) is 0.847. The average molecular weight is 215 g/mol. The predicted octanol–water partition coefficient (Wildman–Crippen LogP) is 1.87. The highest BCUT2D eigenvalue weighted by molar-refractivity contribution is 7.09. The van der Waals surface area contributed by atoms with E-state index < -0.39 is 5.92 Å². The molecule has 0 radical (unpaired) electrons. The van der Waals surface area contributed by atoms with E-state index in [4.69, 9.17) is 16.9 Å². The Morgan fingerprint density at radius 2 is 2.62 bits per heavy atom. The molecule has 0 fully saturated rings. The summed E-state index contributed by atoms with van der Waals surface area (Å²) in [6.45, 7) is 1.82. The van der Waals surface area contributed by atoms with Crippen LogP contribution in [0.15, 0.2) is 5.38 Å². The van der Waals surface area contributed by atoms with Gasteiger partial charge in [-0.25, -0.2) is 4.98 Å². The van der Waals surface area contributed by atoms with Crippen molar-refractivity contribution in [1.29, 1.82) is 5.26 Å². The molecule has 0 bridgehead atoms. The van der Waals surface area contributed by atoms with E-state index in [1.807, 2.05) is 13.0 Å². The second-order valence-corrected chi connectivity index (χ2v) is 3.65. The molecule has 1 rings (SSSR count). The maximum Gasteiger partial charge on any atom is 0.171 e. The fraction of sp³-hybridized carbons (Fsp3) is 0.375. The summed E-state index contributed by atoms with van der Waals surface area (Å²) in [7, 11) is 0. The van der Waals surface area contributed by atoms with Gasteiger partial charge in [0.25, 0.3) is 0 Å². The molecule has 1 atom stereocenters. The van der Waals surface area contributed by atoms with E-state index in [0.29, 0.717) is 5.01 Å². The van der Waals surface area contributed by atoms with E-state index in [0.717, 1.165) is 5.69 Å². The average Bonchev–Trinajstić information content (AvgIpc) is 2.53. The van der Waals surface area contributed by atoms with Gasteiger partial charge in [0, 0.05) is 11.1 Å². The summed E-state index contributed by atoms with van der Waals surface area (Å²) >= 11 is 6.67. The van der Waals surface area contributed by atoms with Crippen molar-refractivity contribution in [2.45, 2.75) is 12.8 Å². The highest BCUT2D eigenvalue weighted by Crippen LogP contribution is 2.20. The Kier molecular flexibility index (Phi) is 3.40. The van der Waals surface area contributed by atoms with Gasteiger partial charge < -0.3 is 0 Å². The summed E-state index contributed by atoms with van der Waals surface area (Å²) < 4.78 is 0. The number of carbonyl (C=O) groups is 1. The molecule has 68 valence electrons. The van der Waals surface area contributed by atoms with Crippen LogP contribution in [0.1, 0.15) is 16.6 Å². The lowest BCUT2D eigenvalue weighted by Gasteiger charge is -1.99. The van der Waals surface area contributed by atoms with Crippen LogP contribution >= 0.6 is 22.9 Å². The molecule has 13 heavy (non-hydrogen) atoms. The molecule has 0 spiro atoms. The summed E-state index contributed by atoms with van der Waals surface area (Å²) in [5, 5.41) is 11.1. The molecule has 0 unspecified atom stereocenters. The Hall–Kier alpha value is -0.920. The standard InChI is InChI=1S/C8H7ClN2OS/c1-5-4-13-8(11-5)6(3-10)7(12)2-9/h4,6H,2H2,1H3/t6-/m0/s1. The highest BCUT2D eigenvalue weighted by Gasteiger charge is 2.21. The van der Waals surface area contributed by atoms with Crippen LogP contribution in [-0.4, -0.2) is 16.6 Å². The monoisotopic (exact) mass is 214 g/mol. The van der Waals surface area contributed by atoms with Gasteiger partial charge >= 0.3 is 0 Å². The quantitative estimate of drug-likeness (QED) is 0.722. The third-order valence-corrected chi connectivity index (χ3v) is 2.76. The van der Waals surface area contributed by atoms with Gasteiger partial charge in [-0.1, -0.05) is 0 Å². The van der Waals surface area contributed by atoms with Crippen molar-refractivity contribution in [2.24, 2.45) is 0 Å². The Morgan fingerprint density at radius 1 is 1.92 bits per heavy atom. The Labute approximate surface area is 85.0 Å². The fourth-order valence-corrected chi connectivity index (χ4v) is 1.86. The summed E-state index contributed by atoms with van der Waals surface area (Å²) in [6.07, 6.45) is 0. The number of ketones is 1. The van der Waals surface area contributed by atoms with E-state index in [2.05, 4.69) is 4.98 Å². The van der Waals surface area contributed by atoms with E-state index in [-0.39, 0.29) is 11.7 Å². The van der Waals surface area contributed by atoms with Crippen LogP contribution in [0.25, 0.3) is 0 Å². The van der Waals surface area contributed by atoms with Crippen LogP contribution in [-0.2, 0) is 4.79 Å². The normalized spacial score (nSPS) is 12.1. The molecule has 1 heterocycles. The third-order valence-electron chi connectivity index (χ3n) is 1.47. The number of thiazole rings is 1. The third kappa shape index (κ3) is 2.27. The first-order valence-electron chi connectivity index (χ1n) is 3.59. The maximum absolute atomic E-state index is 11.2. The van der Waals surface area contributed by atoms with Gasteiger partial charge in [0.05, 0.1) is 11.9 Å². The number of nitriles is 1. The number of hydrogen-bond acceptors (Lipinski definition) is 4. The van der Waals surface area contributed by atoms with Crippen molar-refractivity contribution in [3.8, 4) is 6.07 Å². The van der Waals surface area contributed by atoms with Crippen molar-refractivity contribution < 1.29 is 4.79 Å². The van der Waals surface area contributed by atoms with Crippen LogP contribution in [0.2, 0.25) is 0 Å². The highest BCUT2D eigenvalue weighted by atomic mass is 35.5. The summed E-state index contributed by atoms with van der Waals surface area (Å²) in [5.41, 5.74) is 0.822. The van der Waals surface area contributed by atoms with Crippen molar-refractivity contribution in [2.75, 3.05) is 5.88 Å². The lowest BCUT2D eigenvalue weighted by Crippen LogP contribution is -2.11. The topological polar surface area (TPSA) is 53.8 Å². The largest absolute Gasteiger partial charge is 0.296 e. The predicted molar refractivity (Wildman–Crippen MR) is 50.9 cm³/mol. The zero-order chi connectivity index (χ0) is 9.84. The van der Waals surface area contributed by atoms with Gasteiger partial charge in [-0.15, -0.1) is 22.9 Å². The van der Waals surface area contributed by atoms with Crippen molar-refractivity contribution >= 4 is 28.7 Å². The minimum absolute atomic E-state index is 0.142. The summed E-state index contributed by atoms with van der Waals surface area (Å²) in [4.78, 5) is 15.2. The minimum atomic E-state index is -0.795. The number of halogens is 1. The number of rotatable bonds is 3. The first kappa shape index (κ1) is 10.2. The van der Waals surface area contributed by atoms with E-state index in [1.165, 1.54) is 11.3 Å².